The van der Waals surface area contributed by atoms with Crippen molar-refractivity contribution in [1.82, 2.24) is 10.2 Å². The van der Waals surface area contributed by atoms with E-state index >= 15 is 0 Å². The number of aromatic carboxylic acids is 1. The van der Waals surface area contributed by atoms with Crippen LogP contribution in [0.15, 0.2) is 42.5 Å². The summed E-state index contributed by atoms with van der Waals surface area (Å²) in [6.07, 6.45) is -4.31. The first kappa shape index (κ1) is 33.0. The Bertz CT molecular complexity index is 1220. The minimum Gasteiger partial charge on any atom is -0.478 e. The average molecular weight is 583 g/mol. The van der Waals surface area contributed by atoms with Crippen LogP contribution in [-0.2, 0) is 14.3 Å². The first-order valence-electron chi connectivity index (χ1n) is 12.6. The van der Waals surface area contributed by atoms with E-state index in [0.717, 1.165) is 12.0 Å². The molecular weight excluding hydrogens is 549 g/mol. The summed E-state index contributed by atoms with van der Waals surface area (Å²) in [5.74, 6) is -4.13. The molecule has 1 saturated heterocycles. The molecule has 41 heavy (non-hydrogen) atoms. The van der Waals surface area contributed by atoms with Gasteiger partial charge in [-0.05, 0) is 43.7 Å². The largest absolute Gasteiger partial charge is 0.490 e. The summed E-state index contributed by atoms with van der Waals surface area (Å²) < 4.78 is 36.7. The number of hydrogen-bond donors (Lipinski definition) is 4. The van der Waals surface area contributed by atoms with Crippen molar-refractivity contribution in [2.45, 2.75) is 19.5 Å². The Balaban J connectivity index is 0.000000745. The fourth-order valence-electron chi connectivity index (χ4n) is 3.90. The van der Waals surface area contributed by atoms with Gasteiger partial charge in [-0.15, -0.1) is 0 Å². The van der Waals surface area contributed by atoms with E-state index in [1.165, 1.54) is 6.07 Å². The molecule has 2 amide bonds. The van der Waals surface area contributed by atoms with Crippen LogP contribution in [0.2, 0.25) is 0 Å². The monoisotopic (exact) mass is 582 g/mol. The summed E-state index contributed by atoms with van der Waals surface area (Å²) in [5, 5.41) is 22.6. The van der Waals surface area contributed by atoms with Crippen LogP contribution in [0.3, 0.4) is 0 Å². The number of benzene rings is 2. The number of amides is 2. The average Bonchev–Trinajstić information content (AvgIpc) is 2.91. The minimum atomic E-state index is -5.08. The van der Waals surface area contributed by atoms with Gasteiger partial charge in [-0.3, -0.25) is 14.5 Å². The van der Waals surface area contributed by atoms with Crippen molar-refractivity contribution in [2.24, 2.45) is 0 Å². The SMILES string of the molecule is COCCCNC(=O)CN1CCN(c2ccc(NC(=O)c3cccc(C)c3)cc2C(=O)O)CC1.O=C(O)C(F)(F)F. The molecule has 1 fully saturated rings. The van der Waals surface area contributed by atoms with Crippen LogP contribution < -0.4 is 15.5 Å². The van der Waals surface area contributed by atoms with Gasteiger partial charge in [0.25, 0.3) is 5.91 Å². The molecule has 11 nitrogen and oxygen atoms in total. The predicted octanol–water partition coefficient (Wildman–Crippen LogP) is 2.85. The van der Waals surface area contributed by atoms with Gasteiger partial charge < -0.3 is 30.5 Å². The highest BCUT2D eigenvalue weighted by Gasteiger charge is 2.38. The highest BCUT2D eigenvalue weighted by Crippen LogP contribution is 2.26. The molecule has 2 aromatic rings. The number of halogens is 3. The van der Waals surface area contributed by atoms with E-state index in [-0.39, 0.29) is 17.4 Å². The van der Waals surface area contributed by atoms with Gasteiger partial charge in [-0.1, -0.05) is 17.7 Å². The number of aryl methyl sites for hydroxylation is 1. The van der Waals surface area contributed by atoms with E-state index < -0.39 is 18.1 Å². The molecule has 3 rings (SSSR count). The highest BCUT2D eigenvalue weighted by molar-refractivity contribution is 6.05. The Hall–Kier alpha value is -4.17. The third-order valence-electron chi connectivity index (χ3n) is 5.94. The van der Waals surface area contributed by atoms with Gasteiger partial charge in [0.2, 0.25) is 5.91 Å². The van der Waals surface area contributed by atoms with Crippen molar-refractivity contribution >= 4 is 35.1 Å². The van der Waals surface area contributed by atoms with E-state index in [4.69, 9.17) is 14.6 Å². The number of anilines is 2. The maximum atomic E-state index is 12.5. The van der Waals surface area contributed by atoms with Gasteiger partial charge in [0, 0.05) is 57.7 Å². The molecular formula is C27H33F3N4O7. The zero-order chi connectivity index (χ0) is 30.6. The Morgan fingerprint density at radius 1 is 1.00 bits per heavy atom. The standard InChI is InChI=1S/C25H32N4O5.C2HF3O2/c1-18-5-3-6-19(15-18)24(31)27-20-7-8-22(21(16-20)25(32)33)29-12-10-28(11-13-29)17-23(30)26-9-4-14-34-2;3-2(4,5)1(6)7/h3,5-8,15-16H,4,9-14,17H2,1-2H3,(H,26,30)(H,27,31)(H,32,33);(H,6,7). The lowest BCUT2D eigenvalue weighted by Crippen LogP contribution is -2.50. The van der Waals surface area contributed by atoms with Gasteiger partial charge in [-0.2, -0.15) is 13.2 Å². The second-order valence-corrected chi connectivity index (χ2v) is 9.12. The molecule has 1 aliphatic rings. The Morgan fingerprint density at radius 3 is 2.22 bits per heavy atom. The van der Waals surface area contributed by atoms with Gasteiger partial charge in [0.15, 0.2) is 0 Å². The minimum absolute atomic E-state index is 0.0236. The third-order valence-corrected chi connectivity index (χ3v) is 5.94. The number of carboxylic acids is 2. The maximum Gasteiger partial charge on any atom is 0.490 e. The Labute approximate surface area is 234 Å². The molecule has 0 radical (unpaired) electrons. The van der Waals surface area contributed by atoms with E-state index in [1.807, 2.05) is 17.9 Å². The predicted molar refractivity (Wildman–Crippen MR) is 144 cm³/mol. The Morgan fingerprint density at radius 2 is 1.66 bits per heavy atom. The topological polar surface area (TPSA) is 149 Å². The molecule has 0 atom stereocenters. The molecule has 1 aliphatic heterocycles. The molecule has 224 valence electrons. The number of carboxylic acid groups (broad SMARTS) is 2. The van der Waals surface area contributed by atoms with Crippen LogP contribution >= 0.6 is 0 Å². The molecule has 0 spiro atoms. The van der Waals surface area contributed by atoms with Gasteiger partial charge in [-0.25, -0.2) is 9.59 Å². The van der Waals surface area contributed by atoms with E-state index in [0.29, 0.717) is 62.8 Å². The van der Waals surface area contributed by atoms with Crippen LogP contribution in [-0.4, -0.2) is 98.0 Å². The lowest BCUT2D eigenvalue weighted by atomic mass is 10.1. The fourth-order valence-corrected chi connectivity index (χ4v) is 3.90. The maximum absolute atomic E-state index is 12.5. The molecule has 2 aromatic carbocycles. The number of nitrogens with zero attached hydrogens (tertiary/aromatic N) is 2. The van der Waals surface area contributed by atoms with Gasteiger partial charge >= 0.3 is 18.1 Å². The number of hydrogen-bond acceptors (Lipinski definition) is 7. The van der Waals surface area contributed by atoms with Crippen LogP contribution in [0, 0.1) is 6.92 Å². The number of nitrogens with one attached hydrogen (secondary N) is 2. The number of ether oxygens (including phenoxy) is 1. The molecule has 0 aliphatic carbocycles. The summed E-state index contributed by atoms with van der Waals surface area (Å²) in [4.78, 5) is 49.6. The van der Waals surface area contributed by atoms with E-state index in [9.17, 15) is 32.7 Å². The van der Waals surface area contributed by atoms with E-state index in [2.05, 4.69) is 15.5 Å². The van der Waals surface area contributed by atoms with Crippen molar-refractivity contribution in [2.75, 3.05) is 63.2 Å². The second-order valence-electron chi connectivity index (χ2n) is 9.12. The van der Waals surface area contributed by atoms with Gasteiger partial charge in [0.05, 0.1) is 17.8 Å². The first-order chi connectivity index (χ1) is 19.3. The number of rotatable bonds is 10. The summed E-state index contributed by atoms with van der Waals surface area (Å²) in [7, 11) is 1.63. The number of alkyl halides is 3. The molecule has 1 heterocycles. The molecule has 0 unspecified atom stereocenters. The van der Waals surface area contributed by atoms with Crippen molar-refractivity contribution < 1.29 is 47.3 Å². The zero-order valence-electron chi connectivity index (χ0n) is 22.7. The van der Waals surface area contributed by atoms with Crippen molar-refractivity contribution in [1.29, 1.82) is 0 Å². The lowest BCUT2D eigenvalue weighted by molar-refractivity contribution is -0.192. The van der Waals surface area contributed by atoms with Crippen molar-refractivity contribution in [3.05, 3.63) is 59.2 Å². The van der Waals surface area contributed by atoms with Crippen LogP contribution in [0.1, 0.15) is 32.7 Å². The number of piperazine rings is 1. The van der Waals surface area contributed by atoms with Crippen LogP contribution in [0.4, 0.5) is 24.5 Å². The number of carbonyl (C=O) groups is 4. The summed E-state index contributed by atoms with van der Waals surface area (Å²) >= 11 is 0. The second kappa shape index (κ2) is 15.6. The fraction of sp³-hybridized carbons (Fsp3) is 0.407. The summed E-state index contributed by atoms with van der Waals surface area (Å²) in [6.45, 7) is 5.92. The third kappa shape index (κ3) is 11.1. The molecule has 4 N–H and O–H groups in total. The molecule has 0 saturated carbocycles. The number of methoxy groups -OCH3 is 1. The summed E-state index contributed by atoms with van der Waals surface area (Å²) in [5.41, 5.74) is 2.64. The number of aliphatic carboxylic acids is 1. The Kier molecular flexibility index (Phi) is 12.5. The van der Waals surface area contributed by atoms with Crippen molar-refractivity contribution in [3.63, 3.8) is 0 Å². The number of carbonyl (C=O) groups excluding carboxylic acids is 2. The molecule has 0 bridgehead atoms. The smallest absolute Gasteiger partial charge is 0.478 e. The highest BCUT2D eigenvalue weighted by atomic mass is 19.4. The normalized spacial score (nSPS) is 13.5. The van der Waals surface area contributed by atoms with Crippen molar-refractivity contribution in [3.8, 4) is 0 Å². The van der Waals surface area contributed by atoms with E-state index in [1.54, 1.807) is 37.4 Å². The summed E-state index contributed by atoms with van der Waals surface area (Å²) in [6, 6.07) is 12.1. The molecule has 0 aromatic heterocycles. The van der Waals surface area contributed by atoms with Crippen LogP contribution in [0.5, 0.6) is 0 Å². The van der Waals surface area contributed by atoms with Crippen LogP contribution in [0.25, 0.3) is 0 Å². The first-order valence-corrected chi connectivity index (χ1v) is 12.6. The zero-order valence-corrected chi connectivity index (χ0v) is 22.7. The lowest BCUT2D eigenvalue weighted by Gasteiger charge is -2.36. The van der Waals surface area contributed by atoms with Gasteiger partial charge in [0.1, 0.15) is 0 Å². The quantitative estimate of drug-likeness (QED) is 0.310. The molecule has 14 heteroatoms.